The summed E-state index contributed by atoms with van der Waals surface area (Å²) in [5.74, 6) is -0.667. The first kappa shape index (κ1) is 23.0. The Morgan fingerprint density at radius 3 is 2.53 bits per heavy atom. The average Bonchev–Trinajstić information content (AvgIpc) is 3.17. The van der Waals surface area contributed by atoms with Crippen molar-refractivity contribution in [2.75, 3.05) is 7.11 Å². The molecule has 2 N–H and O–H groups in total. The molecule has 0 aliphatic carbocycles. The van der Waals surface area contributed by atoms with Gasteiger partial charge < -0.3 is 19.7 Å². The molecule has 0 aliphatic rings. The number of nitrogens with zero attached hydrogens (tertiary/aromatic N) is 3. The van der Waals surface area contributed by atoms with Gasteiger partial charge in [0.15, 0.2) is 23.1 Å². The lowest BCUT2D eigenvalue weighted by Gasteiger charge is -2.12. The number of aromatic hydroxyl groups is 2. The van der Waals surface area contributed by atoms with Gasteiger partial charge in [0.2, 0.25) is 5.88 Å². The molecule has 9 heteroatoms. The van der Waals surface area contributed by atoms with Crippen LogP contribution in [0.5, 0.6) is 28.9 Å². The average molecular weight is 487 g/mol. The third-order valence-corrected chi connectivity index (χ3v) is 5.82. The first-order valence-electron chi connectivity index (χ1n) is 11.1. The molecule has 0 bridgehead atoms. The Bertz CT molecular complexity index is 1610. The number of phenolic OH excluding ortho intramolecular Hbond substituents is 1. The second-order valence-corrected chi connectivity index (χ2v) is 8.10. The number of hydrogen-bond donors (Lipinski definition) is 2. The quantitative estimate of drug-likeness (QED) is 0.343. The number of ether oxygens (including phenoxy) is 2. The van der Waals surface area contributed by atoms with Crippen molar-refractivity contribution in [2.24, 2.45) is 0 Å². The predicted molar refractivity (Wildman–Crippen MR) is 132 cm³/mol. The van der Waals surface area contributed by atoms with Crippen LogP contribution in [0.1, 0.15) is 5.56 Å². The van der Waals surface area contributed by atoms with Gasteiger partial charge in [-0.1, -0.05) is 30.3 Å². The molecule has 0 saturated heterocycles. The molecule has 0 amide bonds. The lowest BCUT2D eigenvalue weighted by molar-refractivity contribution is 0.374. The molecule has 3 aromatic carbocycles. The van der Waals surface area contributed by atoms with E-state index in [4.69, 9.17) is 9.47 Å². The highest BCUT2D eigenvalue weighted by molar-refractivity contribution is 5.88. The molecule has 0 aliphatic heterocycles. The lowest BCUT2D eigenvalue weighted by atomic mass is 10.1. The molecule has 0 spiro atoms. The van der Waals surface area contributed by atoms with Gasteiger partial charge in [-0.15, -0.1) is 0 Å². The summed E-state index contributed by atoms with van der Waals surface area (Å²) < 4.78 is 28.4. The maximum atomic E-state index is 15.1. The Kier molecular flexibility index (Phi) is 6.03. The smallest absolute Gasteiger partial charge is 0.335 e. The van der Waals surface area contributed by atoms with Crippen LogP contribution in [0.15, 0.2) is 83.9 Å². The second-order valence-electron chi connectivity index (χ2n) is 8.10. The Labute approximate surface area is 205 Å². The molecule has 2 aromatic heterocycles. The molecule has 36 heavy (non-hydrogen) atoms. The SMILES string of the molecule is COc1cc2c(Oc3ccc(-n4c(O)cn(CCc5ccccc5)c4=O)cc3F)ccnc2cc1O. The van der Waals surface area contributed by atoms with E-state index in [1.165, 1.54) is 42.3 Å². The van der Waals surface area contributed by atoms with Gasteiger partial charge in [-0.2, -0.15) is 0 Å². The Balaban J connectivity index is 1.42. The van der Waals surface area contributed by atoms with Crippen LogP contribution in [-0.2, 0) is 13.0 Å². The fraction of sp³-hybridized carbons (Fsp3) is 0.111. The molecule has 0 radical (unpaired) electrons. The molecule has 0 unspecified atom stereocenters. The number of halogens is 1. The number of hydrogen-bond acceptors (Lipinski definition) is 6. The van der Waals surface area contributed by atoms with Crippen molar-refractivity contribution in [2.45, 2.75) is 13.0 Å². The first-order chi connectivity index (χ1) is 17.4. The zero-order chi connectivity index (χ0) is 25.2. The van der Waals surface area contributed by atoms with Gasteiger partial charge in [0.1, 0.15) is 5.75 Å². The van der Waals surface area contributed by atoms with Crippen LogP contribution in [0.4, 0.5) is 4.39 Å². The number of methoxy groups -OCH3 is 1. The summed E-state index contributed by atoms with van der Waals surface area (Å²) in [5.41, 5.74) is 1.17. The van der Waals surface area contributed by atoms with E-state index < -0.39 is 11.5 Å². The van der Waals surface area contributed by atoms with E-state index in [9.17, 15) is 15.0 Å². The van der Waals surface area contributed by atoms with Crippen molar-refractivity contribution >= 4 is 10.9 Å². The summed E-state index contributed by atoms with van der Waals surface area (Å²) in [7, 11) is 1.42. The van der Waals surface area contributed by atoms with Crippen LogP contribution in [-0.4, -0.2) is 31.4 Å². The van der Waals surface area contributed by atoms with E-state index in [1.54, 1.807) is 12.1 Å². The fourth-order valence-electron chi connectivity index (χ4n) is 4.00. The fourth-order valence-corrected chi connectivity index (χ4v) is 4.00. The summed E-state index contributed by atoms with van der Waals surface area (Å²) in [6.45, 7) is 0.362. The third kappa shape index (κ3) is 4.34. The summed E-state index contributed by atoms with van der Waals surface area (Å²) in [6, 6.07) is 18.2. The lowest BCUT2D eigenvalue weighted by Crippen LogP contribution is -2.23. The topological polar surface area (TPSA) is 98.7 Å². The van der Waals surface area contributed by atoms with Gasteiger partial charge in [-0.25, -0.2) is 13.8 Å². The number of rotatable bonds is 7. The van der Waals surface area contributed by atoms with Crippen LogP contribution in [0.3, 0.4) is 0 Å². The van der Waals surface area contributed by atoms with Gasteiger partial charge >= 0.3 is 5.69 Å². The van der Waals surface area contributed by atoms with E-state index >= 15 is 4.39 Å². The Morgan fingerprint density at radius 1 is 0.972 bits per heavy atom. The van der Waals surface area contributed by atoms with E-state index in [-0.39, 0.29) is 28.8 Å². The van der Waals surface area contributed by atoms with Crippen molar-refractivity contribution in [1.82, 2.24) is 14.1 Å². The summed E-state index contributed by atoms with van der Waals surface area (Å²) in [4.78, 5) is 17.1. The second kappa shape index (κ2) is 9.46. The minimum absolute atomic E-state index is 0.0776. The molecule has 5 aromatic rings. The number of aryl methyl sites for hydroxylation is 2. The minimum Gasteiger partial charge on any atom is -0.504 e. The number of aromatic nitrogens is 3. The number of imidazole rings is 1. The van der Waals surface area contributed by atoms with Crippen molar-refractivity contribution < 1.29 is 24.1 Å². The zero-order valence-corrected chi connectivity index (χ0v) is 19.3. The summed E-state index contributed by atoms with van der Waals surface area (Å²) in [6.07, 6.45) is 3.42. The van der Waals surface area contributed by atoms with Crippen molar-refractivity contribution in [3.63, 3.8) is 0 Å². The standard InChI is InChI=1S/C27H22FN3O5/c1-35-25-14-19-21(15-22(25)32)29-11-9-23(19)36-24-8-7-18(13-20(24)28)31-26(33)16-30(27(31)34)12-10-17-5-3-2-4-6-17/h2-9,11,13-16,32-33H,10,12H2,1H3. The summed E-state index contributed by atoms with van der Waals surface area (Å²) >= 11 is 0. The van der Waals surface area contributed by atoms with Crippen molar-refractivity contribution in [3.8, 4) is 34.6 Å². The van der Waals surface area contributed by atoms with Gasteiger partial charge in [-0.05, 0) is 36.2 Å². The first-order valence-corrected chi connectivity index (χ1v) is 11.1. The van der Waals surface area contributed by atoms with Gasteiger partial charge in [0, 0.05) is 30.3 Å². The molecular formula is C27H22FN3O5. The van der Waals surface area contributed by atoms with Gasteiger partial charge in [0.05, 0.1) is 24.5 Å². The Morgan fingerprint density at radius 2 is 1.78 bits per heavy atom. The van der Waals surface area contributed by atoms with Crippen LogP contribution >= 0.6 is 0 Å². The van der Waals surface area contributed by atoms with Crippen molar-refractivity contribution in [3.05, 3.63) is 101 Å². The molecule has 2 heterocycles. The minimum atomic E-state index is -0.730. The maximum Gasteiger partial charge on any atom is 0.335 e. The molecule has 8 nitrogen and oxygen atoms in total. The monoisotopic (exact) mass is 487 g/mol. The van der Waals surface area contributed by atoms with Gasteiger partial charge in [-0.3, -0.25) is 9.55 Å². The molecule has 182 valence electrons. The molecule has 0 saturated carbocycles. The maximum absolute atomic E-state index is 15.1. The van der Waals surface area contributed by atoms with Crippen molar-refractivity contribution in [1.29, 1.82) is 0 Å². The largest absolute Gasteiger partial charge is 0.504 e. The van der Waals surface area contributed by atoms with E-state index in [2.05, 4.69) is 4.98 Å². The molecular weight excluding hydrogens is 465 g/mol. The molecule has 0 atom stereocenters. The molecule has 5 rings (SSSR count). The number of pyridine rings is 1. The summed E-state index contributed by atoms with van der Waals surface area (Å²) in [5, 5.41) is 20.9. The van der Waals surface area contributed by atoms with Crippen LogP contribution < -0.4 is 15.2 Å². The van der Waals surface area contributed by atoms with E-state index in [0.29, 0.717) is 29.6 Å². The number of benzene rings is 3. The highest BCUT2D eigenvalue weighted by atomic mass is 19.1. The van der Waals surface area contributed by atoms with Gasteiger partial charge in [0.25, 0.3) is 0 Å². The Hall–Kier alpha value is -4.79. The number of phenols is 1. The van der Waals surface area contributed by atoms with E-state index in [1.807, 2.05) is 30.3 Å². The normalized spacial score (nSPS) is 11.1. The zero-order valence-electron chi connectivity index (χ0n) is 19.3. The van der Waals surface area contributed by atoms with Crippen LogP contribution in [0, 0.1) is 5.82 Å². The third-order valence-electron chi connectivity index (χ3n) is 5.82. The van der Waals surface area contributed by atoms with Crippen LogP contribution in [0.25, 0.3) is 16.6 Å². The molecule has 0 fully saturated rings. The highest BCUT2D eigenvalue weighted by Crippen LogP contribution is 2.37. The predicted octanol–water partition coefficient (Wildman–Crippen LogP) is 4.78. The highest BCUT2D eigenvalue weighted by Gasteiger charge is 2.16. The van der Waals surface area contributed by atoms with Crippen LogP contribution in [0.2, 0.25) is 0 Å². The number of fused-ring (bicyclic) bond motifs is 1. The van der Waals surface area contributed by atoms with E-state index in [0.717, 1.165) is 16.2 Å².